The summed E-state index contributed by atoms with van der Waals surface area (Å²) in [6, 6.07) is 10.4. The van der Waals surface area contributed by atoms with Crippen LogP contribution in [0.5, 0.6) is 5.75 Å². The molecule has 0 aliphatic carbocycles. The molecule has 0 amide bonds. The van der Waals surface area contributed by atoms with Gasteiger partial charge in [-0.25, -0.2) is 0 Å². The van der Waals surface area contributed by atoms with E-state index in [1.54, 1.807) is 13.2 Å². The lowest BCUT2D eigenvalue weighted by molar-refractivity contribution is -0.384. The number of thioether (sulfide) groups is 1. The van der Waals surface area contributed by atoms with Crippen molar-refractivity contribution < 1.29 is 9.66 Å². The van der Waals surface area contributed by atoms with E-state index in [0.717, 1.165) is 16.0 Å². The van der Waals surface area contributed by atoms with Crippen molar-refractivity contribution in [2.45, 2.75) is 17.6 Å². The van der Waals surface area contributed by atoms with E-state index in [9.17, 15) is 10.1 Å². The molecular formula is C15H16N2O3S. The fraction of sp³-hybridized carbons (Fsp3) is 0.200. The zero-order valence-electron chi connectivity index (χ0n) is 11.8. The fourth-order valence-corrected chi connectivity index (χ4v) is 2.95. The fourth-order valence-electron chi connectivity index (χ4n) is 1.91. The lowest BCUT2D eigenvalue weighted by Gasteiger charge is -2.10. The van der Waals surface area contributed by atoms with Crippen molar-refractivity contribution >= 4 is 23.1 Å². The van der Waals surface area contributed by atoms with Crippen LogP contribution in [0.4, 0.5) is 11.4 Å². The number of nitro benzene ring substituents is 1. The van der Waals surface area contributed by atoms with Crippen LogP contribution in [-0.4, -0.2) is 12.0 Å². The second-order valence-electron chi connectivity index (χ2n) is 4.58. The summed E-state index contributed by atoms with van der Waals surface area (Å²) in [5.41, 5.74) is 8.60. The van der Waals surface area contributed by atoms with Crippen LogP contribution in [0.2, 0.25) is 0 Å². The molecule has 21 heavy (non-hydrogen) atoms. The van der Waals surface area contributed by atoms with E-state index in [1.165, 1.54) is 23.9 Å². The predicted molar refractivity (Wildman–Crippen MR) is 84.8 cm³/mol. The number of hydrogen-bond acceptors (Lipinski definition) is 5. The first kappa shape index (κ1) is 15.2. The van der Waals surface area contributed by atoms with Gasteiger partial charge < -0.3 is 10.5 Å². The number of non-ortho nitro benzene ring substituents is 1. The van der Waals surface area contributed by atoms with Gasteiger partial charge in [0.05, 0.1) is 12.0 Å². The maximum atomic E-state index is 10.9. The molecule has 0 saturated heterocycles. The molecule has 0 spiro atoms. The van der Waals surface area contributed by atoms with Gasteiger partial charge in [-0.2, -0.15) is 0 Å². The van der Waals surface area contributed by atoms with Crippen LogP contribution >= 0.6 is 11.8 Å². The first-order valence-corrected chi connectivity index (χ1v) is 7.30. The largest absolute Gasteiger partial charge is 0.496 e. The molecule has 2 aromatic rings. The number of nitro groups is 1. The summed E-state index contributed by atoms with van der Waals surface area (Å²) in [6.45, 7) is 2.00. The van der Waals surface area contributed by atoms with Gasteiger partial charge in [0, 0.05) is 34.0 Å². The van der Waals surface area contributed by atoms with E-state index in [1.807, 2.05) is 25.1 Å². The molecule has 0 heterocycles. The number of benzene rings is 2. The number of ether oxygens (including phenoxy) is 1. The van der Waals surface area contributed by atoms with E-state index < -0.39 is 4.92 Å². The minimum atomic E-state index is -0.408. The molecule has 0 radical (unpaired) electrons. The number of anilines is 1. The molecule has 5 nitrogen and oxygen atoms in total. The predicted octanol–water partition coefficient (Wildman–Crippen LogP) is 3.79. The zero-order valence-corrected chi connectivity index (χ0v) is 12.6. The van der Waals surface area contributed by atoms with Crippen molar-refractivity contribution in [1.82, 2.24) is 0 Å². The van der Waals surface area contributed by atoms with Gasteiger partial charge in [0.2, 0.25) is 0 Å². The molecule has 0 unspecified atom stereocenters. The summed E-state index contributed by atoms with van der Waals surface area (Å²) in [4.78, 5) is 11.4. The Morgan fingerprint density at radius 3 is 2.71 bits per heavy atom. The highest BCUT2D eigenvalue weighted by atomic mass is 32.2. The van der Waals surface area contributed by atoms with Crippen molar-refractivity contribution in [3.05, 3.63) is 57.6 Å². The number of nitrogens with two attached hydrogens (primary N) is 1. The van der Waals surface area contributed by atoms with Crippen LogP contribution in [-0.2, 0) is 5.75 Å². The number of methoxy groups -OCH3 is 1. The molecule has 110 valence electrons. The number of rotatable bonds is 5. The van der Waals surface area contributed by atoms with E-state index in [4.69, 9.17) is 10.5 Å². The number of aryl methyl sites for hydroxylation is 1. The minimum Gasteiger partial charge on any atom is -0.496 e. The molecule has 2 rings (SSSR count). The summed E-state index contributed by atoms with van der Waals surface area (Å²) in [6.07, 6.45) is 0. The maximum absolute atomic E-state index is 10.9. The molecule has 0 saturated carbocycles. The molecule has 0 fully saturated rings. The zero-order chi connectivity index (χ0) is 15.4. The Hall–Kier alpha value is -2.21. The van der Waals surface area contributed by atoms with Gasteiger partial charge in [0.1, 0.15) is 5.75 Å². The lowest BCUT2D eigenvalue weighted by Crippen LogP contribution is -1.95. The number of nitrogen functional groups attached to an aromatic ring is 1. The molecule has 0 atom stereocenters. The summed E-state index contributed by atoms with van der Waals surface area (Å²) in [5.74, 6) is 1.19. The summed E-state index contributed by atoms with van der Waals surface area (Å²) in [7, 11) is 1.55. The topological polar surface area (TPSA) is 78.4 Å². The average Bonchev–Trinajstić information content (AvgIpc) is 2.47. The van der Waals surface area contributed by atoms with Gasteiger partial charge in [0.15, 0.2) is 0 Å². The van der Waals surface area contributed by atoms with Gasteiger partial charge in [-0.1, -0.05) is 6.07 Å². The number of hydrogen-bond donors (Lipinski definition) is 1. The third-order valence-electron chi connectivity index (χ3n) is 3.03. The van der Waals surface area contributed by atoms with E-state index in [0.29, 0.717) is 17.2 Å². The van der Waals surface area contributed by atoms with Crippen LogP contribution in [0, 0.1) is 17.0 Å². The highest BCUT2D eigenvalue weighted by Gasteiger charge is 2.12. The van der Waals surface area contributed by atoms with Crippen LogP contribution in [0.3, 0.4) is 0 Å². The van der Waals surface area contributed by atoms with E-state index in [2.05, 4.69) is 0 Å². The molecule has 0 aliphatic heterocycles. The van der Waals surface area contributed by atoms with Crippen LogP contribution in [0.15, 0.2) is 41.3 Å². The van der Waals surface area contributed by atoms with Crippen molar-refractivity contribution in [2.75, 3.05) is 12.8 Å². The third-order valence-corrected chi connectivity index (χ3v) is 4.15. The van der Waals surface area contributed by atoms with Gasteiger partial charge in [-0.15, -0.1) is 11.8 Å². The van der Waals surface area contributed by atoms with Gasteiger partial charge in [0.25, 0.3) is 5.69 Å². The quantitative estimate of drug-likeness (QED) is 0.393. The van der Waals surface area contributed by atoms with Crippen LogP contribution in [0.1, 0.15) is 11.1 Å². The molecule has 0 aliphatic rings. The molecule has 2 aromatic carbocycles. The third kappa shape index (κ3) is 3.66. The van der Waals surface area contributed by atoms with Crippen LogP contribution < -0.4 is 10.5 Å². The maximum Gasteiger partial charge on any atom is 0.270 e. The highest BCUT2D eigenvalue weighted by molar-refractivity contribution is 7.98. The normalized spacial score (nSPS) is 10.4. The summed E-state index contributed by atoms with van der Waals surface area (Å²) < 4.78 is 5.26. The molecular weight excluding hydrogens is 288 g/mol. The van der Waals surface area contributed by atoms with Gasteiger partial charge in [-0.3, -0.25) is 10.1 Å². The first-order valence-electron chi connectivity index (χ1n) is 6.31. The van der Waals surface area contributed by atoms with E-state index in [-0.39, 0.29) is 5.69 Å². The van der Waals surface area contributed by atoms with Crippen LogP contribution in [0.25, 0.3) is 0 Å². The Bertz CT molecular complexity index is 674. The molecule has 2 N–H and O–H groups in total. The van der Waals surface area contributed by atoms with Crippen molar-refractivity contribution in [1.29, 1.82) is 0 Å². The molecule has 0 bridgehead atoms. The summed E-state index contributed by atoms with van der Waals surface area (Å²) >= 11 is 1.54. The smallest absolute Gasteiger partial charge is 0.270 e. The SMILES string of the molecule is COc1ccc([N+](=O)[O-])cc1CSc1cc(C)ccc1N. The Morgan fingerprint density at radius 2 is 2.05 bits per heavy atom. The second kappa shape index (κ2) is 6.49. The van der Waals surface area contributed by atoms with Gasteiger partial charge in [-0.05, 0) is 30.7 Å². The first-order chi connectivity index (χ1) is 10.0. The van der Waals surface area contributed by atoms with E-state index >= 15 is 0 Å². The Balaban J connectivity index is 2.24. The van der Waals surface area contributed by atoms with Crippen molar-refractivity contribution in [3.8, 4) is 5.75 Å². The highest BCUT2D eigenvalue weighted by Crippen LogP contribution is 2.33. The summed E-state index contributed by atoms with van der Waals surface area (Å²) in [5, 5.41) is 10.9. The minimum absolute atomic E-state index is 0.0589. The standard InChI is InChI=1S/C15H16N2O3S/c1-10-3-5-13(16)15(7-10)21-9-11-8-12(17(18)19)4-6-14(11)20-2/h3-8H,9,16H2,1-2H3. The monoisotopic (exact) mass is 304 g/mol. The number of nitrogens with zero attached hydrogens (tertiary/aromatic N) is 1. The molecule has 6 heteroatoms. The van der Waals surface area contributed by atoms with Gasteiger partial charge >= 0.3 is 0 Å². The van der Waals surface area contributed by atoms with Crippen molar-refractivity contribution in [2.24, 2.45) is 0 Å². The Morgan fingerprint density at radius 1 is 1.29 bits per heavy atom. The Kier molecular flexibility index (Phi) is 4.70. The van der Waals surface area contributed by atoms with Crippen molar-refractivity contribution in [3.63, 3.8) is 0 Å². The second-order valence-corrected chi connectivity index (χ2v) is 5.60. The molecule has 0 aromatic heterocycles. The lowest BCUT2D eigenvalue weighted by atomic mass is 10.2. The average molecular weight is 304 g/mol. The Labute approximate surface area is 127 Å².